The van der Waals surface area contributed by atoms with E-state index in [0.29, 0.717) is 45.5 Å². The van der Waals surface area contributed by atoms with Gasteiger partial charge in [-0.2, -0.15) is 0 Å². The van der Waals surface area contributed by atoms with Gasteiger partial charge in [0.2, 0.25) is 5.88 Å². The molecule has 0 amide bonds. The van der Waals surface area contributed by atoms with Gasteiger partial charge in [-0.25, -0.2) is 9.98 Å². The molecule has 27 heavy (non-hydrogen) atoms. The van der Waals surface area contributed by atoms with Gasteiger partial charge in [-0.05, 0) is 19.4 Å². The molecular weight excluding hydrogens is 463 g/mol. The van der Waals surface area contributed by atoms with Crippen molar-refractivity contribution in [3.05, 3.63) is 23.9 Å². The Bertz CT molecular complexity index is 506. The summed E-state index contributed by atoms with van der Waals surface area (Å²) in [5.74, 6) is 1.35. The number of nitrogens with zero attached hydrogens (tertiary/aromatic N) is 2. The highest BCUT2D eigenvalue weighted by atomic mass is 127. The van der Waals surface area contributed by atoms with Gasteiger partial charge in [0, 0.05) is 45.7 Å². The van der Waals surface area contributed by atoms with E-state index in [1.54, 1.807) is 20.4 Å². The third-order valence-electron chi connectivity index (χ3n) is 3.32. The predicted molar refractivity (Wildman–Crippen MR) is 117 cm³/mol. The molecule has 0 aliphatic carbocycles. The van der Waals surface area contributed by atoms with E-state index in [4.69, 9.17) is 18.9 Å². The molecule has 1 heterocycles. The molecule has 2 N–H and O–H groups in total. The summed E-state index contributed by atoms with van der Waals surface area (Å²) in [4.78, 5) is 8.87. The van der Waals surface area contributed by atoms with E-state index in [2.05, 4.69) is 20.6 Å². The third kappa shape index (κ3) is 12.8. The second kappa shape index (κ2) is 18.2. The summed E-state index contributed by atoms with van der Waals surface area (Å²) < 4.78 is 21.0. The van der Waals surface area contributed by atoms with Crippen LogP contribution in [0.2, 0.25) is 0 Å². The quantitative estimate of drug-likeness (QED) is 0.176. The standard InChI is InChI=1S/C18H32N4O4.HI/c1-4-19-18(21-9-6-10-25-13-11-23-2)22-15-16-7-5-8-20-17(16)26-14-12-24-3;/h5,7-8H,4,6,9-15H2,1-3H3,(H2,19,21,22);1H. The molecule has 0 radical (unpaired) electrons. The maximum atomic E-state index is 5.64. The highest BCUT2D eigenvalue weighted by Crippen LogP contribution is 2.15. The van der Waals surface area contributed by atoms with Crippen LogP contribution in [0.15, 0.2) is 23.3 Å². The van der Waals surface area contributed by atoms with E-state index >= 15 is 0 Å². The Morgan fingerprint density at radius 3 is 2.59 bits per heavy atom. The minimum absolute atomic E-state index is 0. The average Bonchev–Trinajstić information content (AvgIpc) is 2.66. The zero-order chi connectivity index (χ0) is 18.9. The lowest BCUT2D eigenvalue weighted by Gasteiger charge is -2.12. The Labute approximate surface area is 179 Å². The number of aliphatic imine (C=N–C) groups is 1. The number of nitrogens with one attached hydrogen (secondary N) is 2. The van der Waals surface area contributed by atoms with Crippen LogP contribution in [0.25, 0.3) is 0 Å². The van der Waals surface area contributed by atoms with Crippen molar-refractivity contribution in [3.63, 3.8) is 0 Å². The summed E-state index contributed by atoms with van der Waals surface area (Å²) in [5.41, 5.74) is 0.934. The van der Waals surface area contributed by atoms with Crippen LogP contribution in [0.5, 0.6) is 5.88 Å². The Morgan fingerprint density at radius 1 is 1.07 bits per heavy atom. The van der Waals surface area contributed by atoms with Gasteiger partial charge in [-0.1, -0.05) is 6.07 Å². The Balaban J connectivity index is 0.00000676. The van der Waals surface area contributed by atoms with Crippen LogP contribution in [-0.4, -0.2) is 71.3 Å². The first-order valence-electron chi connectivity index (χ1n) is 8.96. The summed E-state index contributed by atoms with van der Waals surface area (Å²) in [6, 6.07) is 3.84. The summed E-state index contributed by atoms with van der Waals surface area (Å²) >= 11 is 0. The normalized spacial score (nSPS) is 11.0. The largest absolute Gasteiger partial charge is 0.475 e. The zero-order valence-electron chi connectivity index (χ0n) is 16.5. The maximum Gasteiger partial charge on any atom is 0.218 e. The highest BCUT2D eigenvalue weighted by Gasteiger charge is 2.05. The van der Waals surface area contributed by atoms with Gasteiger partial charge in [0.1, 0.15) is 6.61 Å². The molecule has 0 saturated heterocycles. The fourth-order valence-corrected chi connectivity index (χ4v) is 2.03. The van der Waals surface area contributed by atoms with Crippen LogP contribution in [0.1, 0.15) is 18.9 Å². The molecule has 156 valence electrons. The van der Waals surface area contributed by atoms with Gasteiger partial charge >= 0.3 is 0 Å². The number of pyridine rings is 1. The van der Waals surface area contributed by atoms with Crippen molar-refractivity contribution in [2.24, 2.45) is 4.99 Å². The van der Waals surface area contributed by atoms with Gasteiger partial charge in [-0.3, -0.25) is 0 Å². The average molecular weight is 496 g/mol. The second-order valence-electron chi connectivity index (χ2n) is 5.39. The van der Waals surface area contributed by atoms with Gasteiger partial charge in [0.15, 0.2) is 5.96 Å². The molecule has 0 unspecified atom stereocenters. The molecule has 0 aromatic carbocycles. The smallest absolute Gasteiger partial charge is 0.218 e. The van der Waals surface area contributed by atoms with Gasteiger partial charge in [0.25, 0.3) is 0 Å². The van der Waals surface area contributed by atoms with Gasteiger partial charge in [0.05, 0.1) is 26.4 Å². The number of rotatable bonds is 14. The topological polar surface area (TPSA) is 86.2 Å². The Morgan fingerprint density at radius 2 is 1.85 bits per heavy atom. The summed E-state index contributed by atoms with van der Waals surface area (Å²) in [7, 11) is 3.31. The van der Waals surface area contributed by atoms with Crippen molar-refractivity contribution in [2.45, 2.75) is 19.9 Å². The van der Waals surface area contributed by atoms with Crippen molar-refractivity contribution in [1.29, 1.82) is 0 Å². The van der Waals surface area contributed by atoms with Crippen LogP contribution < -0.4 is 15.4 Å². The Hall–Kier alpha value is -1.17. The molecular formula is C18H33IN4O4. The van der Waals surface area contributed by atoms with E-state index in [9.17, 15) is 0 Å². The molecule has 0 aliphatic rings. The molecule has 0 fully saturated rings. The highest BCUT2D eigenvalue weighted by molar-refractivity contribution is 14.0. The molecule has 1 aromatic rings. The van der Waals surface area contributed by atoms with Gasteiger partial charge < -0.3 is 29.6 Å². The molecule has 0 atom stereocenters. The first-order chi connectivity index (χ1) is 12.8. The first-order valence-corrected chi connectivity index (χ1v) is 8.96. The van der Waals surface area contributed by atoms with Crippen molar-refractivity contribution in [1.82, 2.24) is 15.6 Å². The molecule has 1 aromatic heterocycles. The molecule has 0 spiro atoms. The van der Waals surface area contributed by atoms with E-state index in [1.165, 1.54) is 0 Å². The summed E-state index contributed by atoms with van der Waals surface area (Å²) in [6.45, 7) is 7.01. The zero-order valence-corrected chi connectivity index (χ0v) is 18.9. The molecule has 1 rings (SSSR count). The minimum Gasteiger partial charge on any atom is -0.475 e. The molecule has 8 nitrogen and oxygen atoms in total. The number of halogens is 1. The fourth-order valence-electron chi connectivity index (χ4n) is 2.03. The molecule has 9 heteroatoms. The number of hydrogen-bond acceptors (Lipinski definition) is 6. The second-order valence-corrected chi connectivity index (χ2v) is 5.39. The number of aromatic nitrogens is 1. The third-order valence-corrected chi connectivity index (χ3v) is 3.32. The van der Waals surface area contributed by atoms with Gasteiger partial charge in [-0.15, -0.1) is 24.0 Å². The first kappa shape index (κ1) is 25.8. The summed E-state index contributed by atoms with van der Waals surface area (Å²) in [6.07, 6.45) is 2.61. The Kier molecular flexibility index (Phi) is 17.4. The van der Waals surface area contributed by atoms with Crippen LogP contribution in [0.4, 0.5) is 0 Å². The van der Waals surface area contributed by atoms with Crippen molar-refractivity contribution >= 4 is 29.9 Å². The van der Waals surface area contributed by atoms with E-state index in [1.807, 2.05) is 19.1 Å². The monoisotopic (exact) mass is 496 g/mol. The molecule has 0 aliphatic heterocycles. The van der Waals surface area contributed by atoms with E-state index in [-0.39, 0.29) is 24.0 Å². The lowest BCUT2D eigenvalue weighted by atomic mass is 10.3. The minimum atomic E-state index is 0. The maximum absolute atomic E-state index is 5.64. The van der Waals surface area contributed by atoms with Crippen LogP contribution in [0.3, 0.4) is 0 Å². The number of methoxy groups -OCH3 is 2. The van der Waals surface area contributed by atoms with E-state index < -0.39 is 0 Å². The summed E-state index contributed by atoms with van der Waals surface area (Å²) in [5, 5.41) is 6.53. The number of hydrogen-bond donors (Lipinski definition) is 2. The van der Waals surface area contributed by atoms with Crippen molar-refractivity contribution in [3.8, 4) is 5.88 Å². The van der Waals surface area contributed by atoms with Crippen molar-refractivity contribution in [2.75, 3.05) is 60.3 Å². The SMILES string of the molecule is CCNC(=NCc1cccnc1OCCOC)NCCCOCCOC.I. The molecule has 0 saturated carbocycles. The lowest BCUT2D eigenvalue weighted by molar-refractivity contribution is 0.0698. The van der Waals surface area contributed by atoms with Crippen molar-refractivity contribution < 1.29 is 18.9 Å². The lowest BCUT2D eigenvalue weighted by Crippen LogP contribution is -2.38. The van der Waals surface area contributed by atoms with E-state index in [0.717, 1.165) is 31.0 Å². The van der Waals surface area contributed by atoms with Crippen LogP contribution in [-0.2, 0) is 20.8 Å². The van der Waals surface area contributed by atoms with Crippen LogP contribution >= 0.6 is 24.0 Å². The fraction of sp³-hybridized carbons (Fsp3) is 0.667. The predicted octanol–water partition coefficient (Wildman–Crippen LogP) is 1.83. The van der Waals surface area contributed by atoms with Crippen LogP contribution in [0, 0.1) is 0 Å². The molecule has 0 bridgehead atoms. The number of ether oxygens (including phenoxy) is 4. The number of guanidine groups is 1.